The van der Waals surface area contributed by atoms with Crippen molar-refractivity contribution < 1.29 is 9.47 Å². The highest BCUT2D eigenvalue weighted by atomic mass is 127. The lowest BCUT2D eigenvalue weighted by atomic mass is 10.3. The number of rotatable bonds is 9. The summed E-state index contributed by atoms with van der Waals surface area (Å²) in [5.41, 5.74) is 6.80. The van der Waals surface area contributed by atoms with Gasteiger partial charge in [0.05, 0.1) is 20.3 Å². The van der Waals surface area contributed by atoms with Gasteiger partial charge in [-0.2, -0.15) is 0 Å². The zero-order chi connectivity index (χ0) is 15.8. The Hall–Kier alpha value is -1.06. The highest BCUT2D eigenvalue weighted by molar-refractivity contribution is 14.0. The van der Waals surface area contributed by atoms with Gasteiger partial charge in [0, 0.05) is 38.0 Å². The molecule has 0 heterocycles. The highest BCUT2D eigenvalue weighted by Crippen LogP contribution is 2.26. The van der Waals surface area contributed by atoms with E-state index in [1.807, 2.05) is 24.3 Å². The van der Waals surface area contributed by atoms with Crippen molar-refractivity contribution >= 4 is 35.6 Å². The minimum absolute atomic E-state index is 0. The molecular formula is C16H27IN4O2. The zero-order valence-corrected chi connectivity index (χ0v) is 16.2. The Morgan fingerprint density at radius 1 is 1.35 bits per heavy atom. The van der Waals surface area contributed by atoms with Crippen LogP contribution >= 0.6 is 24.0 Å². The third kappa shape index (κ3) is 7.36. The first-order chi connectivity index (χ1) is 10.7. The Bertz CT molecular complexity index is 495. The van der Waals surface area contributed by atoms with Gasteiger partial charge in [-0.15, -0.1) is 24.0 Å². The summed E-state index contributed by atoms with van der Waals surface area (Å²) < 4.78 is 10.3. The molecule has 1 aliphatic carbocycles. The van der Waals surface area contributed by atoms with Gasteiger partial charge in [0.15, 0.2) is 5.96 Å². The highest BCUT2D eigenvalue weighted by Gasteiger charge is 2.27. The number of aliphatic imine (C=N–C) groups is 1. The molecule has 0 radical (unpaired) electrons. The number of benzene rings is 1. The average Bonchev–Trinajstić information content (AvgIpc) is 3.35. The fourth-order valence-corrected chi connectivity index (χ4v) is 2.31. The first-order valence-corrected chi connectivity index (χ1v) is 7.67. The van der Waals surface area contributed by atoms with Crippen LogP contribution in [-0.2, 0) is 4.74 Å². The molecule has 7 heteroatoms. The Balaban J connectivity index is 0.00000264. The van der Waals surface area contributed by atoms with Crippen LogP contribution in [-0.4, -0.2) is 57.4 Å². The van der Waals surface area contributed by atoms with Crippen LogP contribution in [0.15, 0.2) is 29.3 Å². The Morgan fingerprint density at radius 2 is 2.13 bits per heavy atom. The summed E-state index contributed by atoms with van der Waals surface area (Å²) in [7, 11) is 3.38. The molecule has 23 heavy (non-hydrogen) atoms. The van der Waals surface area contributed by atoms with Crippen LogP contribution < -0.4 is 15.8 Å². The fraction of sp³-hybridized carbons (Fsp3) is 0.562. The summed E-state index contributed by atoms with van der Waals surface area (Å²) >= 11 is 0. The quantitative estimate of drug-likeness (QED) is 0.354. The minimum Gasteiger partial charge on any atom is -0.497 e. The molecule has 130 valence electrons. The molecular weight excluding hydrogens is 407 g/mol. The summed E-state index contributed by atoms with van der Waals surface area (Å²) in [5, 5.41) is 3.08. The van der Waals surface area contributed by atoms with Crippen molar-refractivity contribution in [3.63, 3.8) is 0 Å². The van der Waals surface area contributed by atoms with E-state index < -0.39 is 0 Å². The van der Waals surface area contributed by atoms with Crippen LogP contribution in [0.4, 0.5) is 5.69 Å². The van der Waals surface area contributed by atoms with Gasteiger partial charge in [-0.05, 0) is 25.0 Å². The van der Waals surface area contributed by atoms with Gasteiger partial charge < -0.3 is 20.5 Å². The lowest BCUT2D eigenvalue weighted by molar-refractivity contribution is 0.145. The van der Waals surface area contributed by atoms with Crippen molar-refractivity contribution in [2.45, 2.75) is 18.9 Å². The van der Waals surface area contributed by atoms with Crippen molar-refractivity contribution in [1.82, 2.24) is 4.90 Å². The van der Waals surface area contributed by atoms with Crippen LogP contribution in [0.2, 0.25) is 0 Å². The van der Waals surface area contributed by atoms with E-state index in [9.17, 15) is 0 Å². The second kappa shape index (κ2) is 10.7. The number of guanidine groups is 1. The molecule has 0 saturated heterocycles. The molecule has 1 aromatic carbocycles. The summed E-state index contributed by atoms with van der Waals surface area (Å²) in [4.78, 5) is 6.82. The van der Waals surface area contributed by atoms with Crippen molar-refractivity contribution in [2.24, 2.45) is 10.7 Å². The van der Waals surface area contributed by atoms with E-state index in [2.05, 4.69) is 15.2 Å². The van der Waals surface area contributed by atoms with Crippen molar-refractivity contribution in [1.29, 1.82) is 0 Å². The van der Waals surface area contributed by atoms with E-state index in [4.69, 9.17) is 15.2 Å². The van der Waals surface area contributed by atoms with E-state index in [-0.39, 0.29) is 24.0 Å². The largest absolute Gasteiger partial charge is 0.497 e. The SMILES string of the molecule is COCCN(CCN=C(N)Nc1cccc(OC)c1)C1CC1.I. The first kappa shape index (κ1) is 20.0. The van der Waals surface area contributed by atoms with Crippen LogP contribution in [0.5, 0.6) is 5.75 Å². The Morgan fingerprint density at radius 3 is 2.78 bits per heavy atom. The summed E-state index contributed by atoms with van der Waals surface area (Å²) in [5.74, 6) is 1.22. The number of ether oxygens (including phenoxy) is 2. The number of hydrogen-bond donors (Lipinski definition) is 2. The van der Waals surface area contributed by atoms with E-state index in [1.165, 1.54) is 12.8 Å². The molecule has 0 aliphatic heterocycles. The number of nitrogens with one attached hydrogen (secondary N) is 1. The van der Waals surface area contributed by atoms with Gasteiger partial charge in [0.1, 0.15) is 5.75 Å². The molecule has 0 amide bonds. The molecule has 1 aliphatic rings. The topological polar surface area (TPSA) is 72.1 Å². The van der Waals surface area contributed by atoms with Crippen LogP contribution in [0.1, 0.15) is 12.8 Å². The van der Waals surface area contributed by atoms with E-state index in [0.29, 0.717) is 18.5 Å². The third-order valence-corrected chi connectivity index (χ3v) is 3.66. The standard InChI is InChI=1S/C16H26N4O2.HI/c1-21-11-10-20(14-6-7-14)9-8-18-16(17)19-13-4-3-5-15(12-13)22-2;/h3-5,12,14H,6-11H2,1-2H3,(H3,17,18,19);1H. The van der Waals surface area contributed by atoms with Gasteiger partial charge in [0.2, 0.25) is 0 Å². The molecule has 6 nitrogen and oxygen atoms in total. The van der Waals surface area contributed by atoms with Gasteiger partial charge in [-0.25, -0.2) is 0 Å². The normalized spacial score (nSPS) is 14.5. The maximum Gasteiger partial charge on any atom is 0.193 e. The number of nitrogens with two attached hydrogens (primary N) is 1. The van der Waals surface area contributed by atoms with Crippen LogP contribution in [0.25, 0.3) is 0 Å². The van der Waals surface area contributed by atoms with Crippen LogP contribution in [0, 0.1) is 0 Å². The fourth-order valence-electron chi connectivity index (χ4n) is 2.31. The molecule has 1 fully saturated rings. The monoisotopic (exact) mass is 434 g/mol. The second-order valence-electron chi connectivity index (χ2n) is 5.38. The van der Waals surface area contributed by atoms with E-state index in [0.717, 1.165) is 31.1 Å². The average molecular weight is 434 g/mol. The molecule has 2 rings (SSSR count). The van der Waals surface area contributed by atoms with Crippen molar-refractivity contribution in [2.75, 3.05) is 45.8 Å². The summed E-state index contributed by atoms with van der Waals surface area (Å²) in [6.45, 7) is 3.31. The van der Waals surface area contributed by atoms with Gasteiger partial charge >= 0.3 is 0 Å². The zero-order valence-electron chi connectivity index (χ0n) is 13.8. The molecule has 0 unspecified atom stereocenters. The molecule has 3 N–H and O–H groups in total. The van der Waals surface area contributed by atoms with Crippen molar-refractivity contribution in [3.05, 3.63) is 24.3 Å². The Labute approximate surface area is 155 Å². The third-order valence-electron chi connectivity index (χ3n) is 3.66. The van der Waals surface area contributed by atoms with Crippen LogP contribution in [0.3, 0.4) is 0 Å². The molecule has 0 atom stereocenters. The molecule has 0 spiro atoms. The van der Waals surface area contributed by atoms with Gasteiger partial charge in [-0.3, -0.25) is 9.89 Å². The predicted molar refractivity (Wildman–Crippen MR) is 105 cm³/mol. The van der Waals surface area contributed by atoms with Gasteiger partial charge in [-0.1, -0.05) is 6.07 Å². The Kier molecular flexibility index (Phi) is 9.27. The number of anilines is 1. The molecule has 0 bridgehead atoms. The smallest absolute Gasteiger partial charge is 0.193 e. The summed E-state index contributed by atoms with van der Waals surface area (Å²) in [6, 6.07) is 8.32. The van der Waals surface area contributed by atoms with Gasteiger partial charge in [0.25, 0.3) is 0 Å². The first-order valence-electron chi connectivity index (χ1n) is 7.67. The number of nitrogens with zero attached hydrogens (tertiary/aromatic N) is 2. The lowest BCUT2D eigenvalue weighted by Gasteiger charge is -2.20. The van der Waals surface area contributed by atoms with Crippen molar-refractivity contribution in [3.8, 4) is 5.75 Å². The maximum atomic E-state index is 5.93. The second-order valence-corrected chi connectivity index (χ2v) is 5.38. The molecule has 0 aromatic heterocycles. The number of methoxy groups -OCH3 is 2. The number of hydrogen-bond acceptors (Lipinski definition) is 4. The lowest BCUT2D eigenvalue weighted by Crippen LogP contribution is -2.33. The molecule has 1 aromatic rings. The number of halogens is 1. The maximum absolute atomic E-state index is 5.93. The van der Waals surface area contributed by atoms with E-state index in [1.54, 1.807) is 14.2 Å². The minimum atomic E-state index is 0. The summed E-state index contributed by atoms with van der Waals surface area (Å²) in [6.07, 6.45) is 2.57. The molecule has 1 saturated carbocycles. The van der Waals surface area contributed by atoms with E-state index >= 15 is 0 Å². The predicted octanol–water partition coefficient (Wildman–Crippen LogP) is 2.15.